The highest BCUT2D eigenvalue weighted by molar-refractivity contribution is 5.78. The van der Waals surface area contributed by atoms with Crippen LogP contribution in [0.1, 0.15) is 82.2 Å². The van der Waals surface area contributed by atoms with E-state index in [0.717, 1.165) is 41.8 Å². The lowest BCUT2D eigenvalue weighted by Gasteiger charge is -2.55. The van der Waals surface area contributed by atoms with Crippen molar-refractivity contribution in [1.82, 2.24) is 19.4 Å². The zero-order valence-corrected chi connectivity index (χ0v) is 22.8. The van der Waals surface area contributed by atoms with Crippen molar-refractivity contribution in [2.75, 3.05) is 7.11 Å². The van der Waals surface area contributed by atoms with Crippen LogP contribution in [0.2, 0.25) is 0 Å². The highest BCUT2D eigenvalue weighted by Gasteiger charge is 2.45. The van der Waals surface area contributed by atoms with Gasteiger partial charge >= 0.3 is 0 Å². The number of piperidine rings is 2. The number of para-hydroxylation sites is 2. The van der Waals surface area contributed by atoms with Crippen molar-refractivity contribution in [2.24, 2.45) is 11.8 Å². The lowest BCUT2D eigenvalue weighted by atomic mass is 9.68. The average Bonchev–Trinajstić information content (AvgIpc) is 2.95. The number of nitriles is 1. The predicted octanol–water partition coefficient (Wildman–Crippen LogP) is 5.87. The van der Waals surface area contributed by atoms with E-state index in [0.29, 0.717) is 28.9 Å². The van der Waals surface area contributed by atoms with Crippen LogP contribution in [0.15, 0.2) is 41.3 Å². The standard InChI is InChI=1S/C32H37N5O2/c1-39-31-22(18-33)15-23(19-34-31)30-32(38)37(29-11-3-2-10-28(29)35-30)27-16-24-8-5-9-25(17-27)36(24)26-13-20-6-4-7-21(12-20)14-26/h2-3,10-11,15,19-21,24-27H,4-9,12-14,16-17H2,1H3/t20-,21+,24-,25+,26?,27?. The van der Waals surface area contributed by atoms with Crippen LogP contribution in [0.3, 0.4) is 0 Å². The highest BCUT2D eigenvalue weighted by atomic mass is 16.5. The smallest absolute Gasteiger partial charge is 0.277 e. The van der Waals surface area contributed by atoms with Crippen LogP contribution in [0.25, 0.3) is 22.3 Å². The van der Waals surface area contributed by atoms with Crippen LogP contribution in [-0.2, 0) is 0 Å². The third-order valence-electron chi connectivity index (χ3n) is 10.1. The summed E-state index contributed by atoms with van der Waals surface area (Å²) in [5.74, 6) is 2.10. The fourth-order valence-corrected chi connectivity index (χ4v) is 8.66. The normalized spacial score (nSPS) is 30.6. The van der Waals surface area contributed by atoms with Crippen molar-refractivity contribution in [3.8, 4) is 23.2 Å². The van der Waals surface area contributed by atoms with Crippen molar-refractivity contribution < 1.29 is 4.74 Å². The molecule has 7 heteroatoms. The molecule has 3 aromatic rings. The van der Waals surface area contributed by atoms with Crippen LogP contribution in [0.5, 0.6) is 5.88 Å². The molecule has 6 atom stereocenters. The van der Waals surface area contributed by atoms with E-state index >= 15 is 0 Å². The zero-order valence-electron chi connectivity index (χ0n) is 22.8. The molecule has 4 heterocycles. The van der Waals surface area contributed by atoms with E-state index in [-0.39, 0.29) is 17.5 Å². The molecule has 7 nitrogen and oxygen atoms in total. The Morgan fingerprint density at radius 3 is 2.36 bits per heavy atom. The number of fused-ring (bicyclic) bond motifs is 5. The third kappa shape index (κ3) is 4.34. The summed E-state index contributed by atoms with van der Waals surface area (Å²) in [5, 5.41) is 9.62. The van der Waals surface area contributed by atoms with Gasteiger partial charge in [0, 0.05) is 35.9 Å². The fourth-order valence-electron chi connectivity index (χ4n) is 8.66. The molecule has 0 spiro atoms. The van der Waals surface area contributed by atoms with E-state index in [9.17, 15) is 10.1 Å². The van der Waals surface area contributed by atoms with Crippen LogP contribution in [0, 0.1) is 23.2 Å². The molecule has 4 aliphatic rings. The van der Waals surface area contributed by atoms with Crippen LogP contribution >= 0.6 is 0 Å². The molecule has 4 bridgehead atoms. The summed E-state index contributed by atoms with van der Waals surface area (Å²) in [6.45, 7) is 0. The van der Waals surface area contributed by atoms with Gasteiger partial charge in [-0.1, -0.05) is 37.8 Å². The second-order valence-electron chi connectivity index (χ2n) is 12.4. The van der Waals surface area contributed by atoms with Crippen molar-refractivity contribution in [1.29, 1.82) is 5.26 Å². The molecule has 0 radical (unpaired) electrons. The third-order valence-corrected chi connectivity index (χ3v) is 10.1. The average molecular weight is 524 g/mol. The first kappa shape index (κ1) is 24.8. The fraction of sp³-hybridized carbons (Fsp3) is 0.562. The number of methoxy groups -OCH3 is 1. The molecule has 7 rings (SSSR count). The van der Waals surface area contributed by atoms with Gasteiger partial charge in [0.1, 0.15) is 17.3 Å². The van der Waals surface area contributed by atoms with Crippen LogP contribution in [-0.4, -0.2) is 44.7 Å². The Hall–Kier alpha value is -3.24. The van der Waals surface area contributed by atoms with E-state index < -0.39 is 0 Å². The molecule has 2 aliphatic heterocycles. The molecule has 202 valence electrons. The summed E-state index contributed by atoms with van der Waals surface area (Å²) in [4.78, 5) is 26.2. The number of nitrogens with zero attached hydrogens (tertiary/aromatic N) is 5. The Labute approximate surface area is 229 Å². The Morgan fingerprint density at radius 1 is 0.923 bits per heavy atom. The number of ether oxygens (including phenoxy) is 1. The number of rotatable bonds is 4. The quantitative estimate of drug-likeness (QED) is 0.426. The first-order valence-corrected chi connectivity index (χ1v) is 14.9. The van der Waals surface area contributed by atoms with Crippen molar-refractivity contribution >= 4 is 11.0 Å². The van der Waals surface area contributed by atoms with Crippen molar-refractivity contribution in [3.63, 3.8) is 0 Å². The lowest BCUT2D eigenvalue weighted by Crippen LogP contribution is -2.58. The second kappa shape index (κ2) is 10.1. The van der Waals surface area contributed by atoms with Gasteiger partial charge in [-0.3, -0.25) is 9.69 Å². The maximum absolute atomic E-state index is 14.2. The molecule has 2 unspecified atom stereocenters. The van der Waals surface area contributed by atoms with Gasteiger partial charge in [-0.25, -0.2) is 9.97 Å². The molecule has 2 saturated carbocycles. The first-order chi connectivity index (χ1) is 19.1. The van der Waals surface area contributed by atoms with Gasteiger partial charge in [0.05, 0.1) is 18.1 Å². The van der Waals surface area contributed by atoms with E-state index in [1.807, 2.05) is 28.8 Å². The monoisotopic (exact) mass is 523 g/mol. The van der Waals surface area contributed by atoms with Crippen molar-refractivity contribution in [3.05, 3.63) is 52.4 Å². The van der Waals surface area contributed by atoms with Gasteiger partial charge in [0.15, 0.2) is 0 Å². The summed E-state index contributed by atoms with van der Waals surface area (Å²) in [7, 11) is 1.49. The molecule has 4 fully saturated rings. The summed E-state index contributed by atoms with van der Waals surface area (Å²) in [5.41, 5.74) is 2.83. The summed E-state index contributed by atoms with van der Waals surface area (Å²) in [6, 6.07) is 13.7. The maximum atomic E-state index is 14.2. The highest BCUT2D eigenvalue weighted by Crippen LogP contribution is 2.47. The molecule has 0 N–H and O–H groups in total. The summed E-state index contributed by atoms with van der Waals surface area (Å²) >= 11 is 0. The van der Waals surface area contributed by atoms with Gasteiger partial charge in [0.2, 0.25) is 5.88 Å². The Kier molecular flexibility index (Phi) is 6.39. The molecule has 1 aromatic carbocycles. The Bertz CT molecular complexity index is 1470. The van der Waals surface area contributed by atoms with Crippen molar-refractivity contribution in [2.45, 2.75) is 94.8 Å². The van der Waals surface area contributed by atoms with E-state index in [1.165, 1.54) is 64.9 Å². The topological polar surface area (TPSA) is 84.0 Å². The number of hydrogen-bond acceptors (Lipinski definition) is 6. The van der Waals surface area contributed by atoms with Crippen LogP contribution < -0.4 is 10.3 Å². The SMILES string of the molecule is COc1ncc(-c2nc3ccccc3n(C3C[C@H]4CCC[C@@H](C3)N4C3C[C@H]4CCC[C@@H](C3)C4)c2=O)cc1C#N. The van der Waals surface area contributed by atoms with Gasteiger partial charge in [-0.05, 0) is 75.0 Å². The van der Waals surface area contributed by atoms with Gasteiger partial charge in [-0.15, -0.1) is 0 Å². The molecule has 39 heavy (non-hydrogen) atoms. The minimum Gasteiger partial charge on any atom is -0.480 e. The molecule has 0 amide bonds. The lowest BCUT2D eigenvalue weighted by molar-refractivity contribution is -0.0485. The largest absolute Gasteiger partial charge is 0.480 e. The van der Waals surface area contributed by atoms with E-state index in [2.05, 4.69) is 16.0 Å². The molecule has 2 saturated heterocycles. The molecule has 2 aromatic heterocycles. The van der Waals surface area contributed by atoms with E-state index in [1.54, 1.807) is 12.3 Å². The second-order valence-corrected chi connectivity index (χ2v) is 12.4. The maximum Gasteiger partial charge on any atom is 0.277 e. The Balaban J connectivity index is 1.27. The predicted molar refractivity (Wildman–Crippen MR) is 151 cm³/mol. The molecule has 2 aliphatic carbocycles. The minimum atomic E-state index is -0.0896. The summed E-state index contributed by atoms with van der Waals surface area (Å²) in [6.07, 6.45) is 15.9. The number of benzene rings is 1. The number of hydrogen-bond donors (Lipinski definition) is 0. The van der Waals surface area contributed by atoms with E-state index in [4.69, 9.17) is 9.72 Å². The number of pyridine rings is 1. The minimum absolute atomic E-state index is 0.0896. The molecular formula is C32H37N5O2. The van der Waals surface area contributed by atoms with Gasteiger partial charge < -0.3 is 9.30 Å². The zero-order chi connectivity index (χ0) is 26.5. The number of aromatic nitrogens is 3. The summed E-state index contributed by atoms with van der Waals surface area (Å²) < 4.78 is 7.26. The van der Waals surface area contributed by atoms with Gasteiger partial charge in [-0.2, -0.15) is 5.26 Å². The first-order valence-electron chi connectivity index (χ1n) is 14.9. The molecular weight excluding hydrogens is 486 g/mol. The van der Waals surface area contributed by atoms with Gasteiger partial charge in [0.25, 0.3) is 5.56 Å². The van der Waals surface area contributed by atoms with Crippen LogP contribution in [0.4, 0.5) is 0 Å². The Morgan fingerprint density at radius 2 is 1.64 bits per heavy atom.